The number of nitrogens with zero attached hydrogens (tertiary/aromatic N) is 2. The molecule has 1 aliphatic heterocycles. The van der Waals surface area contributed by atoms with E-state index >= 15 is 0 Å². The molecule has 2 aromatic carbocycles. The number of fused-ring (bicyclic) bond motifs is 1. The Hall–Kier alpha value is -3.26. The van der Waals surface area contributed by atoms with Gasteiger partial charge in [-0.3, -0.25) is 4.79 Å². The van der Waals surface area contributed by atoms with Gasteiger partial charge in [0.1, 0.15) is 0 Å². The summed E-state index contributed by atoms with van der Waals surface area (Å²) in [7, 11) is -3.16. The van der Waals surface area contributed by atoms with Crippen LogP contribution in [0.1, 0.15) is 42.6 Å². The van der Waals surface area contributed by atoms with Gasteiger partial charge in [0.25, 0.3) is 5.91 Å². The lowest BCUT2D eigenvalue weighted by atomic mass is 10.0. The number of carbonyl (C=O) groups excluding carboxylic acids is 2. The summed E-state index contributed by atoms with van der Waals surface area (Å²) in [5.41, 5.74) is 3.61. The minimum absolute atomic E-state index is 0.0497. The van der Waals surface area contributed by atoms with Crippen molar-refractivity contribution in [3.8, 4) is 11.3 Å². The number of hydrogen-bond acceptors (Lipinski definition) is 6. The maximum atomic E-state index is 13.2. The van der Waals surface area contributed by atoms with E-state index in [1.165, 1.54) is 0 Å². The van der Waals surface area contributed by atoms with Crippen molar-refractivity contribution in [1.29, 1.82) is 0 Å². The van der Waals surface area contributed by atoms with E-state index in [0.717, 1.165) is 11.1 Å². The number of para-hydroxylation sites is 1. The molecule has 4 rings (SSSR count). The van der Waals surface area contributed by atoms with Crippen molar-refractivity contribution in [2.75, 3.05) is 18.1 Å². The van der Waals surface area contributed by atoms with E-state index in [9.17, 15) is 18.0 Å². The van der Waals surface area contributed by atoms with Gasteiger partial charge >= 0.3 is 5.97 Å². The van der Waals surface area contributed by atoms with Crippen LogP contribution in [-0.4, -0.2) is 60.4 Å². The molecule has 0 bridgehead atoms. The van der Waals surface area contributed by atoms with E-state index < -0.39 is 28.5 Å². The molecule has 2 heterocycles. The normalized spacial score (nSPS) is 17.7. The van der Waals surface area contributed by atoms with E-state index in [1.54, 1.807) is 17.0 Å². The molecular formula is C27H30N2O5S. The van der Waals surface area contributed by atoms with Crippen LogP contribution >= 0.6 is 0 Å². The Kier molecular flexibility index (Phi) is 7.21. The van der Waals surface area contributed by atoms with Crippen molar-refractivity contribution in [3.05, 3.63) is 65.7 Å². The Balaban J connectivity index is 1.58. The van der Waals surface area contributed by atoms with E-state index in [1.807, 2.05) is 63.2 Å². The molecule has 0 spiro atoms. The zero-order valence-electron chi connectivity index (χ0n) is 20.2. The number of benzene rings is 2. The van der Waals surface area contributed by atoms with Gasteiger partial charge in [-0.05, 0) is 38.8 Å². The molecule has 2 atom stereocenters. The number of aryl methyl sites for hydroxylation is 1. The SMILES string of the molecule is CC[C@H](C)N(C(=O)COC(=O)c1cc(-c2ccc(C)cc2)nc2ccccc12)[C@@H]1CCS(=O)(=O)C1. The number of hydrogen-bond donors (Lipinski definition) is 0. The maximum Gasteiger partial charge on any atom is 0.339 e. The highest BCUT2D eigenvalue weighted by atomic mass is 32.2. The average Bonchev–Trinajstić information content (AvgIpc) is 3.21. The summed E-state index contributed by atoms with van der Waals surface area (Å²) in [5, 5.41) is 0.640. The predicted octanol–water partition coefficient (Wildman–Crippen LogP) is 4.18. The van der Waals surface area contributed by atoms with Crippen LogP contribution in [0, 0.1) is 6.92 Å². The second-order valence-corrected chi connectivity index (χ2v) is 11.4. The first-order chi connectivity index (χ1) is 16.7. The molecule has 1 amide bonds. The van der Waals surface area contributed by atoms with Crippen LogP contribution < -0.4 is 0 Å². The molecule has 8 heteroatoms. The third-order valence-electron chi connectivity index (χ3n) is 6.57. The molecule has 184 valence electrons. The van der Waals surface area contributed by atoms with Gasteiger partial charge in [-0.2, -0.15) is 0 Å². The largest absolute Gasteiger partial charge is 0.452 e. The van der Waals surface area contributed by atoms with Gasteiger partial charge in [0.2, 0.25) is 0 Å². The van der Waals surface area contributed by atoms with Crippen LogP contribution in [0.2, 0.25) is 0 Å². The Labute approximate surface area is 206 Å². The van der Waals surface area contributed by atoms with Crippen molar-refractivity contribution < 1.29 is 22.7 Å². The van der Waals surface area contributed by atoms with E-state index in [0.29, 0.717) is 35.0 Å². The van der Waals surface area contributed by atoms with Crippen LogP contribution in [0.15, 0.2) is 54.6 Å². The molecule has 0 saturated carbocycles. The van der Waals surface area contributed by atoms with Crippen LogP contribution in [0.25, 0.3) is 22.2 Å². The lowest BCUT2D eigenvalue weighted by Gasteiger charge is -2.33. The van der Waals surface area contributed by atoms with Gasteiger partial charge in [-0.15, -0.1) is 0 Å². The molecule has 1 aromatic heterocycles. The first kappa shape index (κ1) is 24.9. The van der Waals surface area contributed by atoms with E-state index in [4.69, 9.17) is 9.72 Å². The summed E-state index contributed by atoms with van der Waals surface area (Å²) < 4.78 is 29.5. The Bertz CT molecular complexity index is 1350. The summed E-state index contributed by atoms with van der Waals surface area (Å²) >= 11 is 0. The Morgan fingerprint density at radius 1 is 1.14 bits per heavy atom. The lowest BCUT2D eigenvalue weighted by Crippen LogP contribution is -2.48. The highest BCUT2D eigenvalue weighted by Crippen LogP contribution is 2.26. The van der Waals surface area contributed by atoms with Crippen LogP contribution in [0.4, 0.5) is 0 Å². The summed E-state index contributed by atoms with van der Waals surface area (Å²) in [6.07, 6.45) is 1.08. The molecule has 35 heavy (non-hydrogen) atoms. The quantitative estimate of drug-likeness (QED) is 0.458. The maximum absolute atomic E-state index is 13.2. The number of sulfone groups is 1. The molecule has 7 nitrogen and oxygen atoms in total. The summed E-state index contributed by atoms with van der Waals surface area (Å²) in [6.45, 7) is 5.38. The van der Waals surface area contributed by atoms with Crippen molar-refractivity contribution in [2.24, 2.45) is 0 Å². The summed E-state index contributed by atoms with van der Waals surface area (Å²) in [4.78, 5) is 32.6. The van der Waals surface area contributed by atoms with Gasteiger partial charge in [0.05, 0.1) is 28.3 Å². The number of pyridine rings is 1. The molecule has 1 fully saturated rings. The van der Waals surface area contributed by atoms with E-state index in [2.05, 4.69) is 0 Å². The monoisotopic (exact) mass is 494 g/mol. The fourth-order valence-corrected chi connectivity index (χ4v) is 6.21. The van der Waals surface area contributed by atoms with Gasteiger partial charge in [-0.1, -0.05) is 55.0 Å². The third-order valence-corrected chi connectivity index (χ3v) is 8.32. The summed E-state index contributed by atoms with van der Waals surface area (Å²) in [5.74, 6) is -0.977. The van der Waals surface area contributed by atoms with Gasteiger partial charge in [0.15, 0.2) is 16.4 Å². The Morgan fingerprint density at radius 2 is 1.86 bits per heavy atom. The van der Waals surface area contributed by atoms with Gasteiger partial charge < -0.3 is 9.64 Å². The molecule has 0 unspecified atom stereocenters. The zero-order chi connectivity index (χ0) is 25.2. The number of carbonyl (C=O) groups is 2. The fourth-order valence-electron chi connectivity index (χ4n) is 4.50. The van der Waals surface area contributed by atoms with Crippen molar-refractivity contribution in [3.63, 3.8) is 0 Å². The number of aromatic nitrogens is 1. The first-order valence-electron chi connectivity index (χ1n) is 11.8. The highest BCUT2D eigenvalue weighted by molar-refractivity contribution is 7.91. The molecule has 0 N–H and O–H groups in total. The van der Waals surface area contributed by atoms with Crippen molar-refractivity contribution in [1.82, 2.24) is 9.88 Å². The summed E-state index contributed by atoms with van der Waals surface area (Å²) in [6, 6.07) is 16.3. The minimum atomic E-state index is -3.16. The van der Waals surface area contributed by atoms with E-state index in [-0.39, 0.29) is 23.5 Å². The number of esters is 1. The molecule has 0 aliphatic carbocycles. The third kappa shape index (κ3) is 5.53. The fraction of sp³-hybridized carbons (Fsp3) is 0.370. The smallest absolute Gasteiger partial charge is 0.339 e. The second-order valence-electron chi connectivity index (χ2n) is 9.13. The number of amides is 1. The lowest BCUT2D eigenvalue weighted by molar-refractivity contribution is -0.138. The van der Waals surface area contributed by atoms with Gasteiger partial charge in [-0.25, -0.2) is 18.2 Å². The standard InChI is InChI=1S/C27H30N2O5S/c1-4-19(3)29(21-13-14-35(32,33)17-21)26(30)16-34-27(31)23-15-25(20-11-9-18(2)10-12-20)28-24-8-6-5-7-22(23)24/h5-12,15,19,21H,4,13-14,16-17H2,1-3H3/t19-,21+/m0/s1. The van der Waals surface area contributed by atoms with Crippen LogP contribution in [0.3, 0.4) is 0 Å². The Morgan fingerprint density at radius 3 is 2.51 bits per heavy atom. The molecule has 3 aromatic rings. The van der Waals surface area contributed by atoms with Crippen molar-refractivity contribution in [2.45, 2.75) is 45.7 Å². The predicted molar refractivity (Wildman–Crippen MR) is 136 cm³/mol. The van der Waals surface area contributed by atoms with Crippen molar-refractivity contribution >= 4 is 32.6 Å². The molecule has 1 saturated heterocycles. The zero-order valence-corrected chi connectivity index (χ0v) is 21.0. The molecule has 1 aliphatic rings. The highest BCUT2D eigenvalue weighted by Gasteiger charge is 2.36. The van der Waals surface area contributed by atoms with Crippen LogP contribution in [-0.2, 0) is 19.4 Å². The number of ether oxygens (including phenoxy) is 1. The van der Waals surface area contributed by atoms with Crippen LogP contribution in [0.5, 0.6) is 0 Å². The first-order valence-corrected chi connectivity index (χ1v) is 13.7. The average molecular weight is 495 g/mol. The molecule has 0 radical (unpaired) electrons. The number of rotatable bonds is 7. The minimum Gasteiger partial charge on any atom is -0.452 e. The van der Waals surface area contributed by atoms with Gasteiger partial charge in [0, 0.05) is 23.0 Å². The second kappa shape index (κ2) is 10.2. The molecular weight excluding hydrogens is 464 g/mol. The topological polar surface area (TPSA) is 93.6 Å².